The smallest absolute Gasteiger partial charge is 0.325 e. The van der Waals surface area contributed by atoms with Crippen LogP contribution >= 0.6 is 11.3 Å². The van der Waals surface area contributed by atoms with Crippen LogP contribution in [0, 0.1) is 0 Å². The number of carbonyl (C=O) groups excluding carboxylic acids is 2. The number of urea groups is 1. The second-order valence-electron chi connectivity index (χ2n) is 6.67. The molecule has 1 saturated heterocycles. The quantitative estimate of drug-likeness (QED) is 0.680. The number of fused-ring (bicyclic) bond motifs is 1. The van der Waals surface area contributed by atoms with Crippen molar-refractivity contribution < 1.29 is 23.6 Å². The Balaban J connectivity index is 1.40. The minimum absolute atomic E-state index is 0.0275. The highest BCUT2D eigenvalue weighted by Crippen LogP contribution is 2.38. The van der Waals surface area contributed by atoms with Crippen molar-refractivity contribution in [3.8, 4) is 22.1 Å². The van der Waals surface area contributed by atoms with Crippen LogP contribution < -0.4 is 14.8 Å². The molecule has 2 aliphatic heterocycles. The molecule has 1 unspecified atom stereocenters. The molecule has 2 aromatic heterocycles. The van der Waals surface area contributed by atoms with Crippen LogP contribution in [-0.4, -0.2) is 28.8 Å². The first-order valence-electron chi connectivity index (χ1n) is 8.58. The third kappa shape index (κ3) is 2.55. The number of thiophene rings is 1. The minimum Gasteiger partial charge on any atom is -0.454 e. The van der Waals surface area contributed by atoms with Crippen LogP contribution in [0.5, 0.6) is 11.5 Å². The molecular formula is C19H15N3O5S. The lowest BCUT2D eigenvalue weighted by Crippen LogP contribution is -2.40. The molecule has 8 nitrogen and oxygen atoms in total. The molecule has 0 spiro atoms. The van der Waals surface area contributed by atoms with Gasteiger partial charge in [0.25, 0.3) is 5.91 Å². The number of carbonyl (C=O) groups is 2. The lowest BCUT2D eigenvalue weighted by atomic mass is 9.91. The normalized spacial score (nSPS) is 20.7. The Labute approximate surface area is 163 Å². The molecule has 28 heavy (non-hydrogen) atoms. The van der Waals surface area contributed by atoms with E-state index in [1.165, 1.54) is 11.3 Å². The van der Waals surface area contributed by atoms with Gasteiger partial charge in [0.05, 0.1) is 11.4 Å². The molecule has 142 valence electrons. The highest BCUT2D eigenvalue weighted by molar-refractivity contribution is 7.13. The van der Waals surface area contributed by atoms with E-state index < -0.39 is 11.6 Å². The van der Waals surface area contributed by atoms with E-state index >= 15 is 0 Å². The van der Waals surface area contributed by atoms with Crippen molar-refractivity contribution >= 4 is 23.3 Å². The fourth-order valence-electron chi connectivity index (χ4n) is 3.33. The van der Waals surface area contributed by atoms with E-state index in [4.69, 9.17) is 14.0 Å². The number of ether oxygens (including phenoxy) is 2. The second-order valence-corrected chi connectivity index (χ2v) is 7.62. The average Bonchev–Trinajstić information content (AvgIpc) is 3.47. The van der Waals surface area contributed by atoms with Gasteiger partial charge in [0, 0.05) is 6.07 Å². The summed E-state index contributed by atoms with van der Waals surface area (Å²) in [5.41, 5.74) is -0.0721. The molecule has 0 bridgehead atoms. The Bertz CT molecular complexity index is 1080. The summed E-state index contributed by atoms with van der Waals surface area (Å²) in [6.45, 7) is 1.84. The predicted molar refractivity (Wildman–Crippen MR) is 98.8 cm³/mol. The summed E-state index contributed by atoms with van der Waals surface area (Å²) in [6.07, 6.45) is 0. The fourth-order valence-corrected chi connectivity index (χ4v) is 4.00. The first-order valence-corrected chi connectivity index (χ1v) is 9.46. The zero-order valence-electron chi connectivity index (χ0n) is 14.8. The number of amides is 3. The van der Waals surface area contributed by atoms with Gasteiger partial charge in [-0.2, -0.15) is 0 Å². The lowest BCUT2D eigenvalue weighted by molar-refractivity contribution is -0.131. The SMILES string of the molecule is CC1(c2ccc3c(c2)OCO3)NC(=O)N(Cc2cc(-c3cccs3)on2)C1=O. The van der Waals surface area contributed by atoms with E-state index in [1.54, 1.807) is 31.2 Å². The molecule has 1 N–H and O–H groups in total. The number of nitrogens with zero attached hydrogens (tertiary/aromatic N) is 2. The molecule has 4 heterocycles. The van der Waals surface area contributed by atoms with Crippen molar-refractivity contribution in [3.05, 3.63) is 53.0 Å². The minimum atomic E-state index is -1.20. The zero-order chi connectivity index (χ0) is 19.3. The zero-order valence-corrected chi connectivity index (χ0v) is 15.6. The molecule has 0 radical (unpaired) electrons. The third-order valence-electron chi connectivity index (χ3n) is 4.87. The number of benzene rings is 1. The van der Waals surface area contributed by atoms with Gasteiger partial charge in [-0.05, 0) is 36.1 Å². The number of nitrogens with one attached hydrogen (secondary N) is 1. The van der Waals surface area contributed by atoms with Gasteiger partial charge in [-0.1, -0.05) is 17.3 Å². The Morgan fingerprint density at radius 1 is 1.21 bits per heavy atom. The van der Waals surface area contributed by atoms with Crippen molar-refractivity contribution in [3.63, 3.8) is 0 Å². The highest BCUT2D eigenvalue weighted by Gasteiger charge is 2.49. The molecule has 5 rings (SSSR count). The van der Waals surface area contributed by atoms with Crippen molar-refractivity contribution in [1.82, 2.24) is 15.4 Å². The van der Waals surface area contributed by atoms with Crippen molar-refractivity contribution in [2.45, 2.75) is 19.0 Å². The molecule has 9 heteroatoms. The number of hydrogen-bond acceptors (Lipinski definition) is 7. The van der Waals surface area contributed by atoms with Crippen molar-refractivity contribution in [2.24, 2.45) is 0 Å². The summed E-state index contributed by atoms with van der Waals surface area (Å²) in [6, 6.07) is 10.3. The molecule has 0 aliphatic carbocycles. The number of rotatable bonds is 4. The van der Waals surface area contributed by atoms with Crippen molar-refractivity contribution in [1.29, 1.82) is 0 Å². The Morgan fingerprint density at radius 2 is 2.07 bits per heavy atom. The number of imide groups is 1. The Hall–Kier alpha value is -3.33. The molecule has 3 amide bonds. The van der Waals surface area contributed by atoms with E-state index in [9.17, 15) is 9.59 Å². The van der Waals surface area contributed by atoms with Crippen LogP contribution in [0.4, 0.5) is 4.79 Å². The average molecular weight is 397 g/mol. The van der Waals surface area contributed by atoms with Gasteiger partial charge in [-0.25, -0.2) is 4.79 Å². The summed E-state index contributed by atoms with van der Waals surface area (Å²) in [5.74, 6) is 1.41. The van der Waals surface area contributed by atoms with Gasteiger partial charge in [0.2, 0.25) is 6.79 Å². The maximum Gasteiger partial charge on any atom is 0.325 e. The first kappa shape index (κ1) is 16.8. The predicted octanol–water partition coefficient (Wildman–Crippen LogP) is 3.10. The summed E-state index contributed by atoms with van der Waals surface area (Å²) in [7, 11) is 0. The molecule has 1 fully saturated rings. The second kappa shape index (κ2) is 6.10. The largest absolute Gasteiger partial charge is 0.454 e. The lowest BCUT2D eigenvalue weighted by Gasteiger charge is -2.22. The topological polar surface area (TPSA) is 93.9 Å². The number of hydrogen-bond donors (Lipinski definition) is 1. The maximum absolute atomic E-state index is 13.1. The molecule has 1 atom stereocenters. The summed E-state index contributed by atoms with van der Waals surface area (Å²) >= 11 is 1.52. The highest BCUT2D eigenvalue weighted by atomic mass is 32.1. The van der Waals surface area contributed by atoms with Crippen LogP contribution in [0.15, 0.2) is 46.3 Å². The van der Waals surface area contributed by atoms with Crippen molar-refractivity contribution in [2.75, 3.05) is 6.79 Å². The summed E-state index contributed by atoms with van der Waals surface area (Å²) in [4.78, 5) is 27.7. The summed E-state index contributed by atoms with van der Waals surface area (Å²) in [5, 5.41) is 8.71. The van der Waals surface area contributed by atoms with Gasteiger partial charge in [-0.3, -0.25) is 9.69 Å². The monoisotopic (exact) mass is 397 g/mol. The van der Waals surface area contributed by atoms with Crippen LogP contribution in [-0.2, 0) is 16.9 Å². The van der Waals surface area contributed by atoms with Gasteiger partial charge in [0.1, 0.15) is 11.2 Å². The van der Waals surface area contributed by atoms with E-state index in [0.29, 0.717) is 28.5 Å². The molecule has 1 aromatic carbocycles. The van der Waals surface area contributed by atoms with Crippen LogP contribution in [0.25, 0.3) is 10.6 Å². The van der Waals surface area contributed by atoms with Gasteiger partial charge in [0.15, 0.2) is 17.3 Å². The van der Waals surface area contributed by atoms with Crippen LogP contribution in [0.1, 0.15) is 18.2 Å². The van der Waals surface area contributed by atoms with E-state index in [2.05, 4.69) is 10.5 Å². The Morgan fingerprint density at radius 3 is 2.89 bits per heavy atom. The molecule has 3 aromatic rings. The summed E-state index contributed by atoms with van der Waals surface area (Å²) < 4.78 is 16.0. The molecular weight excluding hydrogens is 382 g/mol. The van der Waals surface area contributed by atoms with Gasteiger partial charge < -0.3 is 19.3 Å². The van der Waals surface area contributed by atoms with E-state index in [-0.39, 0.29) is 19.2 Å². The molecule has 0 saturated carbocycles. The number of aromatic nitrogens is 1. The van der Waals surface area contributed by atoms with E-state index in [1.807, 2.05) is 17.5 Å². The molecule has 2 aliphatic rings. The van der Waals surface area contributed by atoms with Gasteiger partial charge >= 0.3 is 6.03 Å². The fraction of sp³-hybridized carbons (Fsp3) is 0.211. The van der Waals surface area contributed by atoms with Crippen LogP contribution in [0.3, 0.4) is 0 Å². The maximum atomic E-state index is 13.1. The van der Waals surface area contributed by atoms with Gasteiger partial charge in [-0.15, -0.1) is 11.3 Å². The van der Waals surface area contributed by atoms with E-state index in [0.717, 1.165) is 9.78 Å². The van der Waals surface area contributed by atoms with Crippen LogP contribution in [0.2, 0.25) is 0 Å². The Kier molecular flexibility index (Phi) is 3.66. The third-order valence-corrected chi connectivity index (χ3v) is 5.75. The standard InChI is InChI=1S/C19H15N3O5S/c1-19(11-4-5-13-14(7-11)26-10-25-13)17(23)22(18(24)20-19)9-12-8-15(27-21-12)16-3-2-6-28-16/h2-8H,9-10H2,1H3,(H,20,24). The first-order chi connectivity index (χ1) is 13.5.